The van der Waals surface area contributed by atoms with Gasteiger partial charge in [-0.1, -0.05) is 0 Å². The molecule has 0 amide bonds. The summed E-state index contributed by atoms with van der Waals surface area (Å²) < 4.78 is 22.8. The van der Waals surface area contributed by atoms with Crippen LogP contribution in [0, 0.1) is 0 Å². The molecule has 164 valence electrons. The monoisotopic (exact) mass is 430 g/mol. The van der Waals surface area contributed by atoms with Crippen molar-refractivity contribution in [3.63, 3.8) is 0 Å². The lowest BCUT2D eigenvalue weighted by atomic mass is 9.95. The molecule has 0 saturated heterocycles. The Bertz CT molecular complexity index is 1130. The molecule has 0 N–H and O–H groups in total. The van der Waals surface area contributed by atoms with E-state index in [4.69, 9.17) is 24.0 Å². The molecule has 3 aromatic rings. The molecule has 5 rings (SSSR count). The zero-order chi connectivity index (χ0) is 22.1. The van der Waals surface area contributed by atoms with Gasteiger partial charge in [0.25, 0.3) is 0 Å². The SMILES string of the molecule is CCOc1ccc([C@H]2Oc3ccc(OC)cc3[C@@H]3CC(c4ccc(OC)cc4)=NN23)cc1. The molecule has 0 fully saturated rings. The second-order valence-corrected chi connectivity index (χ2v) is 7.75. The van der Waals surface area contributed by atoms with Gasteiger partial charge in [0.2, 0.25) is 6.23 Å². The van der Waals surface area contributed by atoms with Gasteiger partial charge in [0, 0.05) is 17.5 Å². The maximum absolute atomic E-state index is 6.45. The Labute approximate surface area is 188 Å². The van der Waals surface area contributed by atoms with Gasteiger partial charge in [-0.05, 0) is 79.2 Å². The summed E-state index contributed by atoms with van der Waals surface area (Å²) >= 11 is 0. The van der Waals surface area contributed by atoms with Crippen molar-refractivity contribution in [3.8, 4) is 23.0 Å². The number of hydrazone groups is 1. The zero-order valence-corrected chi connectivity index (χ0v) is 18.4. The van der Waals surface area contributed by atoms with Gasteiger partial charge in [0.15, 0.2) is 0 Å². The number of rotatable bonds is 6. The lowest BCUT2D eigenvalue weighted by Gasteiger charge is -2.38. The van der Waals surface area contributed by atoms with E-state index in [1.54, 1.807) is 14.2 Å². The zero-order valence-electron chi connectivity index (χ0n) is 18.4. The van der Waals surface area contributed by atoms with Crippen LogP contribution in [-0.2, 0) is 0 Å². The topological polar surface area (TPSA) is 52.5 Å². The first kappa shape index (κ1) is 20.2. The lowest BCUT2D eigenvalue weighted by molar-refractivity contribution is -0.0191. The minimum atomic E-state index is -0.327. The summed E-state index contributed by atoms with van der Waals surface area (Å²) in [5.74, 6) is 3.34. The lowest BCUT2D eigenvalue weighted by Crippen LogP contribution is -2.33. The normalized spacial score (nSPS) is 18.8. The van der Waals surface area contributed by atoms with E-state index < -0.39 is 0 Å². The van der Waals surface area contributed by atoms with Crippen LogP contribution in [0.3, 0.4) is 0 Å². The Hall–Kier alpha value is -3.67. The van der Waals surface area contributed by atoms with E-state index in [0.717, 1.165) is 51.8 Å². The number of hydrogen-bond donors (Lipinski definition) is 0. The highest BCUT2D eigenvalue weighted by atomic mass is 16.5. The summed E-state index contributed by atoms with van der Waals surface area (Å²) in [6, 6.07) is 22.1. The quantitative estimate of drug-likeness (QED) is 0.528. The summed E-state index contributed by atoms with van der Waals surface area (Å²) in [6.07, 6.45) is 0.455. The largest absolute Gasteiger partial charge is 0.497 e. The van der Waals surface area contributed by atoms with E-state index in [1.165, 1.54) is 0 Å². The molecule has 2 atom stereocenters. The van der Waals surface area contributed by atoms with Crippen LogP contribution in [0.25, 0.3) is 0 Å². The third-order valence-corrected chi connectivity index (χ3v) is 5.90. The summed E-state index contributed by atoms with van der Waals surface area (Å²) in [4.78, 5) is 0. The summed E-state index contributed by atoms with van der Waals surface area (Å²) in [7, 11) is 3.35. The first-order valence-electron chi connectivity index (χ1n) is 10.8. The molecule has 3 aromatic carbocycles. The maximum Gasteiger partial charge on any atom is 0.213 e. The second kappa shape index (κ2) is 8.46. The highest BCUT2D eigenvalue weighted by Gasteiger charge is 2.41. The van der Waals surface area contributed by atoms with Gasteiger partial charge in [0.05, 0.1) is 32.6 Å². The number of hydrogen-bond acceptors (Lipinski definition) is 6. The standard InChI is InChI=1S/C26H26N2O4/c1-4-31-20-11-7-18(8-12-20)26-28-24(22-15-21(30-3)13-14-25(22)32-26)16-23(27-28)17-5-9-19(29-2)10-6-17/h5-15,24,26H,4,16H2,1-3H3/t24-,26+/m0/s1. The second-order valence-electron chi connectivity index (χ2n) is 7.75. The third-order valence-electron chi connectivity index (χ3n) is 5.90. The van der Waals surface area contributed by atoms with Crippen molar-refractivity contribution in [3.05, 3.63) is 83.4 Å². The smallest absolute Gasteiger partial charge is 0.213 e. The highest BCUT2D eigenvalue weighted by molar-refractivity contribution is 6.02. The molecule has 32 heavy (non-hydrogen) atoms. The summed E-state index contributed by atoms with van der Waals surface area (Å²) in [5, 5.41) is 7.09. The van der Waals surface area contributed by atoms with E-state index in [0.29, 0.717) is 6.61 Å². The van der Waals surface area contributed by atoms with Gasteiger partial charge in [-0.15, -0.1) is 0 Å². The van der Waals surface area contributed by atoms with Gasteiger partial charge in [0.1, 0.15) is 23.0 Å². The van der Waals surface area contributed by atoms with Crippen molar-refractivity contribution in [2.75, 3.05) is 20.8 Å². The van der Waals surface area contributed by atoms with Crippen LogP contribution in [-0.4, -0.2) is 31.5 Å². The van der Waals surface area contributed by atoms with Crippen molar-refractivity contribution in [2.24, 2.45) is 5.10 Å². The van der Waals surface area contributed by atoms with Crippen LogP contribution in [0.1, 0.15) is 42.3 Å². The van der Waals surface area contributed by atoms with E-state index in [1.807, 2.05) is 61.5 Å². The van der Waals surface area contributed by atoms with Gasteiger partial charge >= 0.3 is 0 Å². The first-order chi connectivity index (χ1) is 15.7. The summed E-state index contributed by atoms with van der Waals surface area (Å²) in [6.45, 7) is 2.62. The van der Waals surface area contributed by atoms with E-state index in [-0.39, 0.29) is 12.3 Å². The fraction of sp³-hybridized carbons (Fsp3) is 0.269. The molecule has 2 aliphatic rings. The Balaban J connectivity index is 1.53. The number of ether oxygens (including phenoxy) is 4. The van der Waals surface area contributed by atoms with E-state index >= 15 is 0 Å². The highest BCUT2D eigenvalue weighted by Crippen LogP contribution is 2.48. The molecule has 6 heteroatoms. The minimum Gasteiger partial charge on any atom is -0.497 e. The van der Waals surface area contributed by atoms with E-state index in [9.17, 15) is 0 Å². The fourth-order valence-corrected chi connectivity index (χ4v) is 4.27. The van der Waals surface area contributed by atoms with Crippen molar-refractivity contribution in [1.29, 1.82) is 0 Å². The molecule has 6 nitrogen and oxygen atoms in total. The molecular weight excluding hydrogens is 404 g/mol. The van der Waals surface area contributed by atoms with Crippen LogP contribution < -0.4 is 18.9 Å². The first-order valence-corrected chi connectivity index (χ1v) is 10.8. The fourth-order valence-electron chi connectivity index (χ4n) is 4.27. The molecule has 0 aliphatic carbocycles. The van der Waals surface area contributed by atoms with Crippen LogP contribution in [0.2, 0.25) is 0 Å². The number of nitrogens with zero attached hydrogens (tertiary/aromatic N) is 2. The number of fused-ring (bicyclic) bond motifs is 3. The average molecular weight is 431 g/mol. The number of methoxy groups -OCH3 is 2. The summed E-state index contributed by atoms with van der Waals surface area (Å²) in [5.41, 5.74) is 4.21. The Morgan fingerprint density at radius 3 is 2.28 bits per heavy atom. The molecule has 0 spiro atoms. The van der Waals surface area contributed by atoms with Crippen LogP contribution in [0.4, 0.5) is 0 Å². The Kier molecular flexibility index (Phi) is 5.35. The molecule has 2 aliphatic heterocycles. The van der Waals surface area contributed by atoms with Gasteiger partial charge in [-0.3, -0.25) is 0 Å². The Morgan fingerprint density at radius 2 is 1.59 bits per heavy atom. The van der Waals surface area contributed by atoms with Gasteiger partial charge in [-0.2, -0.15) is 5.10 Å². The molecule has 0 radical (unpaired) electrons. The molecule has 0 bridgehead atoms. The van der Waals surface area contributed by atoms with Crippen molar-refractivity contribution >= 4 is 5.71 Å². The average Bonchev–Trinajstić information content (AvgIpc) is 3.30. The minimum absolute atomic E-state index is 0.0579. The number of benzene rings is 3. The van der Waals surface area contributed by atoms with Crippen LogP contribution in [0.15, 0.2) is 71.8 Å². The van der Waals surface area contributed by atoms with Gasteiger partial charge in [-0.25, -0.2) is 5.01 Å². The Morgan fingerprint density at radius 1 is 0.906 bits per heavy atom. The van der Waals surface area contributed by atoms with E-state index in [2.05, 4.69) is 17.1 Å². The molecule has 2 heterocycles. The van der Waals surface area contributed by atoms with Crippen LogP contribution in [0.5, 0.6) is 23.0 Å². The third kappa shape index (κ3) is 3.62. The predicted octanol–water partition coefficient (Wildman–Crippen LogP) is 5.34. The molecular formula is C26H26N2O4. The van der Waals surface area contributed by atoms with Crippen molar-refractivity contribution in [1.82, 2.24) is 5.01 Å². The van der Waals surface area contributed by atoms with Crippen molar-refractivity contribution < 1.29 is 18.9 Å². The van der Waals surface area contributed by atoms with Crippen molar-refractivity contribution in [2.45, 2.75) is 25.6 Å². The molecule has 0 saturated carbocycles. The maximum atomic E-state index is 6.45. The molecule has 0 unspecified atom stereocenters. The predicted molar refractivity (Wildman–Crippen MR) is 123 cm³/mol. The van der Waals surface area contributed by atoms with Crippen LogP contribution >= 0.6 is 0 Å². The molecule has 0 aromatic heterocycles. The van der Waals surface area contributed by atoms with Gasteiger partial charge < -0.3 is 18.9 Å².